The molecule has 11 heteroatoms. The van der Waals surface area contributed by atoms with Gasteiger partial charge in [-0.25, -0.2) is 14.8 Å². The lowest BCUT2D eigenvalue weighted by molar-refractivity contribution is -0.137. The van der Waals surface area contributed by atoms with Gasteiger partial charge in [-0.3, -0.25) is 0 Å². The number of methoxy groups -OCH3 is 2. The van der Waals surface area contributed by atoms with Crippen LogP contribution >= 0.6 is 11.3 Å². The molecule has 0 amide bonds. The number of anilines is 2. The summed E-state index contributed by atoms with van der Waals surface area (Å²) in [7, 11) is 3.05. The van der Waals surface area contributed by atoms with E-state index in [0.717, 1.165) is 16.1 Å². The summed E-state index contributed by atoms with van der Waals surface area (Å²) in [5.74, 6) is -0.657. The summed E-state index contributed by atoms with van der Waals surface area (Å²) in [6.45, 7) is 3.89. The Labute approximate surface area is 185 Å². The molecular weight excluding hydrogens is 447 g/mol. The van der Waals surface area contributed by atoms with E-state index >= 15 is 0 Å². The second kappa shape index (κ2) is 9.03. The average Bonchev–Trinajstić information content (AvgIpc) is 3.16. The highest BCUT2D eigenvalue weighted by Crippen LogP contribution is 2.41. The zero-order chi connectivity index (χ0) is 23.6. The predicted octanol–water partition coefficient (Wildman–Crippen LogP) is 5.81. The number of aromatic nitrogens is 2. The molecule has 2 N–H and O–H groups in total. The van der Waals surface area contributed by atoms with Gasteiger partial charge in [0.1, 0.15) is 11.4 Å². The Kier molecular flexibility index (Phi) is 6.58. The van der Waals surface area contributed by atoms with Crippen molar-refractivity contribution in [2.24, 2.45) is 0 Å². The Morgan fingerprint density at radius 3 is 2.41 bits per heavy atom. The third-order valence-electron chi connectivity index (χ3n) is 4.52. The Morgan fingerprint density at radius 1 is 1.16 bits per heavy atom. The minimum absolute atomic E-state index is 0.0180. The standard InChI is InChI=1S/C21H20F3N3O4S/c1-10(2)16-17(11-5-6-14(30-3)15(7-11)31-4)32-20(26-16)27-18-13(19(28)29)8-12(9-25-18)21(22,23)24/h5-10H,1-4H3,(H,28,29)(H,25,26,27). The fourth-order valence-electron chi connectivity index (χ4n) is 2.94. The van der Waals surface area contributed by atoms with Gasteiger partial charge in [0.05, 0.1) is 30.4 Å². The molecule has 0 saturated carbocycles. The van der Waals surface area contributed by atoms with E-state index in [1.807, 2.05) is 19.9 Å². The molecule has 0 unspecified atom stereocenters. The van der Waals surface area contributed by atoms with Crippen molar-refractivity contribution >= 4 is 28.3 Å². The van der Waals surface area contributed by atoms with E-state index in [0.29, 0.717) is 28.9 Å². The summed E-state index contributed by atoms with van der Waals surface area (Å²) in [5.41, 5.74) is -0.216. The molecule has 7 nitrogen and oxygen atoms in total. The number of alkyl halides is 3. The van der Waals surface area contributed by atoms with Crippen LogP contribution in [0.5, 0.6) is 11.5 Å². The Balaban J connectivity index is 2.04. The van der Waals surface area contributed by atoms with E-state index in [4.69, 9.17) is 9.47 Å². The minimum atomic E-state index is -4.71. The van der Waals surface area contributed by atoms with Crippen molar-refractivity contribution in [3.63, 3.8) is 0 Å². The van der Waals surface area contributed by atoms with Gasteiger partial charge >= 0.3 is 12.1 Å². The molecule has 0 saturated heterocycles. The van der Waals surface area contributed by atoms with Crippen molar-refractivity contribution in [2.45, 2.75) is 25.9 Å². The lowest BCUT2D eigenvalue weighted by atomic mass is 10.0. The van der Waals surface area contributed by atoms with Gasteiger partial charge < -0.3 is 19.9 Å². The van der Waals surface area contributed by atoms with E-state index in [-0.39, 0.29) is 11.7 Å². The molecule has 3 aromatic rings. The summed E-state index contributed by atoms with van der Waals surface area (Å²) in [4.78, 5) is 20.5. The first kappa shape index (κ1) is 23.3. The first-order chi connectivity index (χ1) is 15.0. The molecule has 32 heavy (non-hydrogen) atoms. The van der Waals surface area contributed by atoms with Gasteiger partial charge in [0.2, 0.25) is 0 Å². The molecule has 0 fully saturated rings. The molecule has 2 aromatic heterocycles. The number of hydrogen-bond acceptors (Lipinski definition) is 7. The van der Waals surface area contributed by atoms with Crippen LogP contribution in [0.1, 0.15) is 41.4 Å². The maximum Gasteiger partial charge on any atom is 0.417 e. The first-order valence-electron chi connectivity index (χ1n) is 9.35. The fraction of sp³-hybridized carbons (Fsp3) is 0.286. The summed E-state index contributed by atoms with van der Waals surface area (Å²) in [6.07, 6.45) is -4.12. The van der Waals surface area contributed by atoms with Crippen LogP contribution in [-0.4, -0.2) is 35.3 Å². The van der Waals surface area contributed by atoms with Gasteiger partial charge in [-0.1, -0.05) is 25.2 Å². The number of nitrogens with one attached hydrogen (secondary N) is 1. The molecule has 0 aliphatic heterocycles. The van der Waals surface area contributed by atoms with E-state index in [9.17, 15) is 23.1 Å². The van der Waals surface area contributed by atoms with Crippen LogP contribution in [-0.2, 0) is 6.18 Å². The van der Waals surface area contributed by atoms with Crippen molar-refractivity contribution in [3.05, 3.63) is 47.3 Å². The number of hydrogen-bond donors (Lipinski definition) is 2. The van der Waals surface area contributed by atoms with Crippen LogP contribution in [0.25, 0.3) is 10.4 Å². The highest BCUT2D eigenvalue weighted by molar-refractivity contribution is 7.19. The van der Waals surface area contributed by atoms with Gasteiger partial charge in [-0.15, -0.1) is 0 Å². The SMILES string of the molecule is COc1ccc(-c2sc(Nc3ncc(C(F)(F)F)cc3C(=O)O)nc2C(C)C)cc1OC. The van der Waals surface area contributed by atoms with E-state index in [1.54, 1.807) is 12.1 Å². The van der Waals surface area contributed by atoms with Gasteiger partial charge in [0.15, 0.2) is 16.6 Å². The minimum Gasteiger partial charge on any atom is -0.493 e. The van der Waals surface area contributed by atoms with Crippen LogP contribution < -0.4 is 14.8 Å². The number of thiazole rings is 1. The molecular formula is C21H20F3N3O4S. The monoisotopic (exact) mass is 467 g/mol. The van der Waals surface area contributed by atoms with E-state index in [2.05, 4.69) is 15.3 Å². The number of ether oxygens (including phenoxy) is 2. The van der Waals surface area contributed by atoms with Crippen molar-refractivity contribution < 1.29 is 32.5 Å². The number of pyridine rings is 1. The van der Waals surface area contributed by atoms with Crippen LogP contribution in [0.3, 0.4) is 0 Å². The third-order valence-corrected chi connectivity index (χ3v) is 5.55. The first-order valence-corrected chi connectivity index (χ1v) is 10.2. The number of carboxylic acid groups (broad SMARTS) is 1. The van der Waals surface area contributed by atoms with Crippen LogP contribution in [0, 0.1) is 0 Å². The number of halogens is 3. The number of rotatable bonds is 7. The molecule has 170 valence electrons. The van der Waals surface area contributed by atoms with Crippen LogP contribution in [0.15, 0.2) is 30.5 Å². The number of nitrogens with zero attached hydrogens (tertiary/aromatic N) is 2. The second-order valence-corrected chi connectivity index (χ2v) is 8.00. The second-order valence-electron chi connectivity index (χ2n) is 7.01. The van der Waals surface area contributed by atoms with Crippen molar-refractivity contribution in [2.75, 3.05) is 19.5 Å². The normalized spacial score (nSPS) is 11.5. The van der Waals surface area contributed by atoms with Gasteiger partial charge in [0.25, 0.3) is 0 Å². The van der Waals surface area contributed by atoms with Gasteiger partial charge in [-0.2, -0.15) is 13.2 Å². The summed E-state index contributed by atoms with van der Waals surface area (Å²) in [5, 5.41) is 12.4. The Morgan fingerprint density at radius 2 is 1.84 bits per heavy atom. The van der Waals surface area contributed by atoms with Crippen LogP contribution in [0.4, 0.5) is 24.1 Å². The average molecular weight is 467 g/mol. The lowest BCUT2D eigenvalue weighted by Crippen LogP contribution is -2.11. The lowest BCUT2D eigenvalue weighted by Gasteiger charge is -2.10. The highest BCUT2D eigenvalue weighted by atomic mass is 32.1. The van der Waals surface area contributed by atoms with Crippen molar-refractivity contribution in [3.8, 4) is 21.9 Å². The molecule has 0 atom stereocenters. The predicted molar refractivity (Wildman–Crippen MR) is 114 cm³/mol. The topological polar surface area (TPSA) is 93.6 Å². The third kappa shape index (κ3) is 4.77. The van der Waals surface area contributed by atoms with E-state index in [1.165, 1.54) is 25.6 Å². The van der Waals surface area contributed by atoms with Gasteiger partial charge in [-0.05, 0) is 35.7 Å². The number of carboxylic acids is 1. The number of benzene rings is 1. The molecule has 1 aromatic carbocycles. The number of aromatic carboxylic acids is 1. The van der Waals surface area contributed by atoms with Crippen LogP contribution in [0.2, 0.25) is 0 Å². The molecule has 0 bridgehead atoms. The zero-order valence-corrected chi connectivity index (χ0v) is 18.4. The van der Waals surface area contributed by atoms with Crippen molar-refractivity contribution in [1.82, 2.24) is 9.97 Å². The Bertz CT molecular complexity index is 1150. The maximum absolute atomic E-state index is 13.0. The smallest absolute Gasteiger partial charge is 0.417 e. The maximum atomic E-state index is 13.0. The molecule has 2 heterocycles. The highest BCUT2D eigenvalue weighted by Gasteiger charge is 2.33. The fourth-order valence-corrected chi connectivity index (χ4v) is 4.06. The van der Waals surface area contributed by atoms with Gasteiger partial charge in [0, 0.05) is 6.20 Å². The van der Waals surface area contributed by atoms with Crippen molar-refractivity contribution in [1.29, 1.82) is 0 Å². The quantitative estimate of drug-likeness (QED) is 0.453. The molecule has 0 radical (unpaired) electrons. The summed E-state index contributed by atoms with van der Waals surface area (Å²) < 4.78 is 49.5. The summed E-state index contributed by atoms with van der Waals surface area (Å²) >= 11 is 1.22. The Hall–Kier alpha value is -3.34. The van der Waals surface area contributed by atoms with E-state index < -0.39 is 23.3 Å². The molecule has 0 spiro atoms. The number of carbonyl (C=O) groups is 1. The largest absolute Gasteiger partial charge is 0.493 e. The zero-order valence-electron chi connectivity index (χ0n) is 17.6. The molecule has 0 aliphatic rings. The molecule has 0 aliphatic carbocycles. The summed E-state index contributed by atoms with van der Waals surface area (Å²) in [6, 6.07) is 5.93. The molecule has 3 rings (SSSR count).